The van der Waals surface area contributed by atoms with E-state index in [0.29, 0.717) is 12.2 Å². The van der Waals surface area contributed by atoms with Crippen LogP contribution in [-0.4, -0.2) is 15.3 Å². The summed E-state index contributed by atoms with van der Waals surface area (Å²) in [6.07, 6.45) is 0. The first-order chi connectivity index (χ1) is 11.1. The molecule has 0 saturated heterocycles. The van der Waals surface area contributed by atoms with Crippen molar-refractivity contribution in [3.63, 3.8) is 0 Å². The van der Waals surface area contributed by atoms with Crippen molar-refractivity contribution in [3.8, 4) is 28.4 Å². The second-order valence-electron chi connectivity index (χ2n) is 5.28. The largest absolute Gasteiger partial charge is 0.504 e. The molecule has 0 spiro atoms. The van der Waals surface area contributed by atoms with Crippen LogP contribution >= 0.6 is 0 Å². The molecule has 0 heterocycles. The van der Waals surface area contributed by atoms with Crippen LogP contribution < -0.4 is 5.32 Å². The molecule has 0 saturated carbocycles. The van der Waals surface area contributed by atoms with Crippen LogP contribution in [-0.2, 0) is 6.54 Å². The molecule has 0 aliphatic heterocycles. The lowest BCUT2D eigenvalue weighted by atomic mass is 10.0. The Balaban J connectivity index is 1.70. The van der Waals surface area contributed by atoms with Gasteiger partial charge < -0.3 is 20.6 Å². The molecule has 0 amide bonds. The number of nitrogens with one attached hydrogen (secondary N) is 1. The van der Waals surface area contributed by atoms with Crippen LogP contribution in [0.1, 0.15) is 5.56 Å². The van der Waals surface area contributed by atoms with E-state index in [9.17, 15) is 15.3 Å². The maximum absolute atomic E-state index is 9.49. The smallest absolute Gasteiger partial charge is 0.200 e. The van der Waals surface area contributed by atoms with Crippen molar-refractivity contribution >= 4 is 5.69 Å². The normalized spacial score (nSPS) is 10.4. The lowest BCUT2D eigenvalue weighted by Crippen LogP contribution is -1.99. The highest BCUT2D eigenvalue weighted by Crippen LogP contribution is 2.37. The van der Waals surface area contributed by atoms with Crippen molar-refractivity contribution in [2.75, 3.05) is 5.32 Å². The zero-order chi connectivity index (χ0) is 16.2. The number of benzene rings is 3. The molecule has 4 nitrogen and oxygen atoms in total. The minimum atomic E-state index is -0.511. The molecule has 116 valence electrons. The standard InChI is InChI=1S/C19H17NO3/c21-17-10-16(11-18(22)19(17)23)20-12-13-6-8-15(9-7-13)14-4-2-1-3-5-14/h1-11,20-23H,12H2. The first kappa shape index (κ1) is 14.8. The molecule has 23 heavy (non-hydrogen) atoms. The Hall–Kier alpha value is -3.14. The van der Waals surface area contributed by atoms with Crippen molar-refractivity contribution in [3.05, 3.63) is 72.3 Å². The lowest BCUT2D eigenvalue weighted by Gasteiger charge is -2.10. The van der Waals surface area contributed by atoms with Crippen LogP contribution in [0.25, 0.3) is 11.1 Å². The summed E-state index contributed by atoms with van der Waals surface area (Å²) >= 11 is 0. The van der Waals surface area contributed by atoms with E-state index in [2.05, 4.69) is 29.6 Å². The third kappa shape index (κ3) is 3.37. The van der Waals surface area contributed by atoms with E-state index < -0.39 is 5.75 Å². The van der Waals surface area contributed by atoms with Gasteiger partial charge in [-0.25, -0.2) is 0 Å². The van der Waals surface area contributed by atoms with Crippen molar-refractivity contribution in [1.82, 2.24) is 0 Å². The van der Waals surface area contributed by atoms with Crippen molar-refractivity contribution in [2.45, 2.75) is 6.54 Å². The second kappa shape index (κ2) is 6.32. The third-order valence-electron chi connectivity index (χ3n) is 3.63. The minimum absolute atomic E-state index is 0.355. The summed E-state index contributed by atoms with van der Waals surface area (Å²) in [5, 5.41) is 31.4. The molecule has 0 bridgehead atoms. The molecule has 0 fully saturated rings. The third-order valence-corrected chi connectivity index (χ3v) is 3.63. The minimum Gasteiger partial charge on any atom is -0.504 e. The molecule has 3 aromatic rings. The molecule has 3 rings (SSSR count). The fourth-order valence-corrected chi connectivity index (χ4v) is 2.36. The number of hydrogen-bond donors (Lipinski definition) is 4. The van der Waals surface area contributed by atoms with Crippen LogP contribution in [0.15, 0.2) is 66.7 Å². The van der Waals surface area contributed by atoms with Gasteiger partial charge in [0.05, 0.1) is 0 Å². The molecule has 0 aliphatic carbocycles. The topological polar surface area (TPSA) is 72.7 Å². The quantitative estimate of drug-likeness (QED) is 0.433. The van der Waals surface area contributed by atoms with E-state index in [1.807, 2.05) is 30.3 Å². The second-order valence-corrected chi connectivity index (χ2v) is 5.28. The number of anilines is 1. The van der Waals surface area contributed by atoms with E-state index >= 15 is 0 Å². The molecule has 0 aliphatic rings. The Morgan fingerprint density at radius 3 is 1.87 bits per heavy atom. The molecular weight excluding hydrogens is 290 g/mol. The van der Waals surface area contributed by atoms with Crippen LogP contribution in [0.3, 0.4) is 0 Å². The van der Waals surface area contributed by atoms with Gasteiger partial charge in [-0.3, -0.25) is 0 Å². The van der Waals surface area contributed by atoms with Crippen LogP contribution in [0.5, 0.6) is 17.2 Å². The van der Waals surface area contributed by atoms with E-state index in [0.717, 1.165) is 11.1 Å². The maximum Gasteiger partial charge on any atom is 0.200 e. The van der Waals surface area contributed by atoms with E-state index in [1.54, 1.807) is 0 Å². The molecule has 0 radical (unpaired) electrons. The summed E-state index contributed by atoms with van der Waals surface area (Å²) in [5.41, 5.74) is 3.91. The van der Waals surface area contributed by atoms with Crippen molar-refractivity contribution < 1.29 is 15.3 Å². The first-order valence-electron chi connectivity index (χ1n) is 7.26. The summed E-state index contributed by atoms with van der Waals surface area (Å²) in [5.74, 6) is -1.22. The fourth-order valence-electron chi connectivity index (χ4n) is 2.36. The Kier molecular flexibility index (Phi) is 4.06. The monoisotopic (exact) mass is 307 g/mol. The number of phenols is 3. The van der Waals surface area contributed by atoms with E-state index in [-0.39, 0.29) is 11.5 Å². The van der Waals surface area contributed by atoms with Crippen LogP contribution in [0.4, 0.5) is 5.69 Å². The Morgan fingerprint density at radius 1 is 0.696 bits per heavy atom. The highest BCUT2D eigenvalue weighted by Gasteiger charge is 2.07. The van der Waals surface area contributed by atoms with Gasteiger partial charge in [-0.1, -0.05) is 54.6 Å². The predicted molar refractivity (Wildman–Crippen MR) is 90.6 cm³/mol. The van der Waals surface area contributed by atoms with Gasteiger partial charge in [0.2, 0.25) is 0 Å². The Morgan fingerprint density at radius 2 is 1.26 bits per heavy atom. The Bertz CT molecular complexity index is 776. The number of rotatable bonds is 4. The maximum atomic E-state index is 9.49. The lowest BCUT2D eigenvalue weighted by molar-refractivity contribution is 0.368. The van der Waals surface area contributed by atoms with Gasteiger partial charge in [0.15, 0.2) is 17.2 Å². The molecule has 0 aromatic heterocycles. The summed E-state index contributed by atoms with van der Waals surface area (Å²) in [6.45, 7) is 0.540. The zero-order valence-electron chi connectivity index (χ0n) is 12.4. The summed E-state index contributed by atoms with van der Waals surface area (Å²) in [6, 6.07) is 21.0. The molecule has 0 unspecified atom stereocenters. The van der Waals surface area contributed by atoms with Gasteiger partial charge >= 0.3 is 0 Å². The highest BCUT2D eigenvalue weighted by molar-refractivity contribution is 5.64. The van der Waals surface area contributed by atoms with Crippen molar-refractivity contribution in [1.29, 1.82) is 0 Å². The summed E-state index contributed by atoms with van der Waals surface area (Å²) in [7, 11) is 0. The van der Waals surface area contributed by atoms with Gasteiger partial charge in [-0.2, -0.15) is 0 Å². The molecule has 3 aromatic carbocycles. The fraction of sp³-hybridized carbons (Fsp3) is 0.0526. The van der Waals surface area contributed by atoms with Crippen molar-refractivity contribution in [2.24, 2.45) is 0 Å². The number of hydrogen-bond acceptors (Lipinski definition) is 4. The zero-order valence-corrected chi connectivity index (χ0v) is 12.4. The van der Waals surface area contributed by atoms with Crippen LogP contribution in [0, 0.1) is 0 Å². The number of aromatic hydroxyl groups is 3. The van der Waals surface area contributed by atoms with Gasteiger partial charge in [0.1, 0.15) is 0 Å². The first-order valence-corrected chi connectivity index (χ1v) is 7.26. The Labute approximate surface area is 134 Å². The van der Waals surface area contributed by atoms with Gasteiger partial charge in [-0.05, 0) is 16.7 Å². The van der Waals surface area contributed by atoms with E-state index in [1.165, 1.54) is 17.7 Å². The highest BCUT2D eigenvalue weighted by atomic mass is 16.3. The van der Waals surface area contributed by atoms with Gasteiger partial charge in [0.25, 0.3) is 0 Å². The molecular formula is C19H17NO3. The van der Waals surface area contributed by atoms with Crippen LogP contribution in [0.2, 0.25) is 0 Å². The molecule has 4 N–H and O–H groups in total. The number of phenolic OH excluding ortho intramolecular Hbond substituents is 3. The van der Waals surface area contributed by atoms with E-state index in [4.69, 9.17) is 0 Å². The summed E-state index contributed by atoms with van der Waals surface area (Å²) in [4.78, 5) is 0. The SMILES string of the molecule is Oc1cc(NCc2ccc(-c3ccccc3)cc2)cc(O)c1O. The molecule has 0 atom stereocenters. The average Bonchev–Trinajstić information content (AvgIpc) is 2.59. The molecule has 4 heteroatoms. The average molecular weight is 307 g/mol. The van der Waals surface area contributed by atoms with Gasteiger partial charge in [0, 0.05) is 24.4 Å². The summed E-state index contributed by atoms with van der Waals surface area (Å²) < 4.78 is 0. The predicted octanol–water partition coefficient (Wildman–Crippen LogP) is 4.08. The van der Waals surface area contributed by atoms with Gasteiger partial charge in [-0.15, -0.1) is 0 Å².